The van der Waals surface area contributed by atoms with Crippen molar-refractivity contribution in [3.05, 3.63) is 57.6 Å². The van der Waals surface area contributed by atoms with Crippen LogP contribution in [-0.4, -0.2) is 21.5 Å². The van der Waals surface area contributed by atoms with Crippen LogP contribution in [0.5, 0.6) is 0 Å². The largest absolute Gasteiger partial charge is 0.465 e. The number of aryl methyl sites for hydroxylation is 1. The quantitative estimate of drug-likeness (QED) is 0.825. The molecule has 0 radical (unpaired) electrons. The summed E-state index contributed by atoms with van der Waals surface area (Å²) in [7, 11) is -2.65. The molecule has 0 saturated carbocycles. The first-order chi connectivity index (χ1) is 10.7. The van der Waals surface area contributed by atoms with E-state index in [0.717, 1.165) is 0 Å². The normalized spacial score (nSPS) is 11.1. The molecule has 2 aromatic rings. The fourth-order valence-electron chi connectivity index (χ4n) is 1.87. The number of methoxy groups -OCH3 is 1. The van der Waals surface area contributed by atoms with Crippen LogP contribution in [-0.2, 0) is 14.8 Å². The molecule has 0 bridgehead atoms. The van der Waals surface area contributed by atoms with Crippen molar-refractivity contribution in [1.29, 1.82) is 0 Å². The molecule has 0 unspecified atom stereocenters. The molecule has 0 heterocycles. The average molecular weight is 374 g/mol. The van der Waals surface area contributed by atoms with Crippen LogP contribution >= 0.6 is 23.2 Å². The van der Waals surface area contributed by atoms with Crippen LogP contribution in [0.15, 0.2) is 41.3 Å². The van der Waals surface area contributed by atoms with Gasteiger partial charge in [0, 0.05) is 0 Å². The summed E-state index contributed by atoms with van der Waals surface area (Å²) in [5.41, 5.74) is 1.06. The summed E-state index contributed by atoms with van der Waals surface area (Å²) in [6.45, 7) is 1.69. The molecule has 23 heavy (non-hydrogen) atoms. The lowest BCUT2D eigenvalue weighted by atomic mass is 10.1. The molecule has 0 atom stereocenters. The van der Waals surface area contributed by atoms with Gasteiger partial charge in [0.25, 0.3) is 10.0 Å². The highest BCUT2D eigenvalue weighted by atomic mass is 35.5. The lowest BCUT2D eigenvalue weighted by Gasteiger charge is -2.11. The monoisotopic (exact) mass is 373 g/mol. The van der Waals surface area contributed by atoms with Gasteiger partial charge in [0.1, 0.15) is 0 Å². The number of hydrogen-bond donors (Lipinski definition) is 1. The van der Waals surface area contributed by atoms with Crippen LogP contribution in [0.2, 0.25) is 10.0 Å². The van der Waals surface area contributed by atoms with Gasteiger partial charge in [-0.3, -0.25) is 4.72 Å². The minimum absolute atomic E-state index is 0.0606. The molecule has 0 aliphatic heterocycles. The van der Waals surface area contributed by atoms with E-state index in [2.05, 4.69) is 9.46 Å². The van der Waals surface area contributed by atoms with Crippen LogP contribution in [0, 0.1) is 6.92 Å². The molecule has 0 aliphatic rings. The molecule has 2 aromatic carbocycles. The molecular formula is C15H13Cl2NO4S. The molecule has 122 valence electrons. The standard InChI is InChI=1S/C15H13Cl2NO4S/c1-9-3-5-11(8-12(9)15(19)22-2)23(20,21)18-10-4-6-13(16)14(17)7-10/h3-8,18H,1-2H3. The third-order valence-corrected chi connectivity index (χ3v) is 5.21. The zero-order valence-corrected chi connectivity index (χ0v) is 14.6. The number of benzene rings is 2. The lowest BCUT2D eigenvalue weighted by Crippen LogP contribution is -2.14. The minimum atomic E-state index is -3.88. The van der Waals surface area contributed by atoms with Gasteiger partial charge in [0.15, 0.2) is 0 Å². The van der Waals surface area contributed by atoms with Crippen LogP contribution in [0.25, 0.3) is 0 Å². The topological polar surface area (TPSA) is 72.5 Å². The number of sulfonamides is 1. The fourth-order valence-corrected chi connectivity index (χ4v) is 3.25. The lowest BCUT2D eigenvalue weighted by molar-refractivity contribution is 0.0599. The zero-order chi connectivity index (χ0) is 17.2. The first kappa shape index (κ1) is 17.6. The molecule has 0 aromatic heterocycles. The maximum atomic E-state index is 12.4. The Morgan fingerprint density at radius 2 is 1.78 bits per heavy atom. The third-order valence-electron chi connectivity index (χ3n) is 3.10. The second-order valence-corrected chi connectivity index (χ2v) is 7.20. The number of nitrogens with one attached hydrogen (secondary N) is 1. The number of halogens is 2. The molecule has 0 aliphatic carbocycles. The van der Waals surface area contributed by atoms with Gasteiger partial charge in [-0.2, -0.15) is 0 Å². The van der Waals surface area contributed by atoms with E-state index in [1.165, 1.54) is 43.5 Å². The molecular weight excluding hydrogens is 361 g/mol. The van der Waals surface area contributed by atoms with E-state index in [4.69, 9.17) is 23.2 Å². The summed E-state index contributed by atoms with van der Waals surface area (Å²) in [4.78, 5) is 11.6. The number of carbonyl (C=O) groups excluding carboxylic acids is 1. The van der Waals surface area contributed by atoms with E-state index < -0.39 is 16.0 Å². The predicted octanol–water partition coefficient (Wildman–Crippen LogP) is 3.89. The van der Waals surface area contributed by atoms with Gasteiger partial charge in [-0.1, -0.05) is 29.3 Å². The summed E-state index contributed by atoms with van der Waals surface area (Å²) < 4.78 is 31.9. The number of anilines is 1. The van der Waals surface area contributed by atoms with Crippen molar-refractivity contribution in [1.82, 2.24) is 0 Å². The van der Waals surface area contributed by atoms with Crippen molar-refractivity contribution in [2.24, 2.45) is 0 Å². The van der Waals surface area contributed by atoms with Crippen molar-refractivity contribution in [3.63, 3.8) is 0 Å². The maximum absolute atomic E-state index is 12.4. The van der Waals surface area contributed by atoms with Crippen molar-refractivity contribution in [2.75, 3.05) is 11.8 Å². The molecule has 5 nitrogen and oxygen atoms in total. The summed E-state index contributed by atoms with van der Waals surface area (Å²) in [6, 6.07) is 8.58. The van der Waals surface area contributed by atoms with Crippen molar-refractivity contribution >= 4 is 44.9 Å². The van der Waals surface area contributed by atoms with Crippen molar-refractivity contribution in [2.45, 2.75) is 11.8 Å². The number of hydrogen-bond acceptors (Lipinski definition) is 4. The zero-order valence-electron chi connectivity index (χ0n) is 12.3. The Kier molecular flexibility index (Phi) is 5.19. The first-order valence-electron chi connectivity index (χ1n) is 6.41. The fraction of sp³-hybridized carbons (Fsp3) is 0.133. The summed E-state index contributed by atoms with van der Waals surface area (Å²) in [5.74, 6) is -0.603. The smallest absolute Gasteiger partial charge is 0.338 e. The van der Waals surface area contributed by atoms with Crippen molar-refractivity contribution < 1.29 is 17.9 Å². The summed E-state index contributed by atoms with van der Waals surface area (Å²) in [6.07, 6.45) is 0. The highest BCUT2D eigenvalue weighted by Gasteiger charge is 2.19. The molecule has 2 rings (SSSR count). The van der Waals surface area contributed by atoms with Gasteiger partial charge >= 0.3 is 5.97 Å². The SMILES string of the molecule is COC(=O)c1cc(S(=O)(=O)Nc2ccc(Cl)c(Cl)c2)ccc1C. The Labute approximate surface area is 144 Å². The Balaban J connectivity index is 2.39. The van der Waals surface area contributed by atoms with Crippen LogP contribution in [0.3, 0.4) is 0 Å². The number of ether oxygens (including phenoxy) is 1. The van der Waals surface area contributed by atoms with E-state index in [1.807, 2.05) is 0 Å². The number of carbonyl (C=O) groups is 1. The van der Waals surface area contributed by atoms with Gasteiger partial charge in [0.05, 0.1) is 33.3 Å². The van der Waals surface area contributed by atoms with E-state index >= 15 is 0 Å². The van der Waals surface area contributed by atoms with Gasteiger partial charge in [0.2, 0.25) is 0 Å². The van der Waals surface area contributed by atoms with E-state index in [-0.39, 0.29) is 21.2 Å². The van der Waals surface area contributed by atoms with Gasteiger partial charge in [-0.25, -0.2) is 13.2 Å². The highest BCUT2D eigenvalue weighted by Crippen LogP contribution is 2.27. The maximum Gasteiger partial charge on any atom is 0.338 e. The molecule has 1 N–H and O–H groups in total. The first-order valence-corrected chi connectivity index (χ1v) is 8.65. The van der Waals surface area contributed by atoms with Gasteiger partial charge in [-0.05, 0) is 42.8 Å². The Bertz CT molecular complexity index is 866. The Morgan fingerprint density at radius 3 is 2.39 bits per heavy atom. The minimum Gasteiger partial charge on any atom is -0.465 e. The van der Waals surface area contributed by atoms with Crippen LogP contribution < -0.4 is 4.72 Å². The second kappa shape index (κ2) is 6.78. The molecule has 0 saturated heterocycles. The van der Waals surface area contributed by atoms with Crippen molar-refractivity contribution in [3.8, 4) is 0 Å². The summed E-state index contributed by atoms with van der Waals surface area (Å²) >= 11 is 11.7. The average Bonchev–Trinajstić information content (AvgIpc) is 2.50. The molecule has 0 spiro atoms. The summed E-state index contributed by atoms with van der Waals surface area (Å²) in [5, 5.41) is 0.545. The molecule has 0 amide bonds. The Hall–Kier alpha value is -1.76. The second-order valence-electron chi connectivity index (χ2n) is 4.70. The number of esters is 1. The van der Waals surface area contributed by atoms with E-state index in [9.17, 15) is 13.2 Å². The number of rotatable bonds is 4. The van der Waals surface area contributed by atoms with Gasteiger partial charge in [-0.15, -0.1) is 0 Å². The Morgan fingerprint density at radius 1 is 1.09 bits per heavy atom. The molecule has 8 heteroatoms. The van der Waals surface area contributed by atoms with Crippen LogP contribution in [0.1, 0.15) is 15.9 Å². The van der Waals surface area contributed by atoms with E-state index in [1.54, 1.807) is 6.92 Å². The van der Waals surface area contributed by atoms with Crippen LogP contribution in [0.4, 0.5) is 5.69 Å². The van der Waals surface area contributed by atoms with E-state index in [0.29, 0.717) is 10.6 Å². The third kappa shape index (κ3) is 3.96. The molecule has 0 fully saturated rings. The highest BCUT2D eigenvalue weighted by molar-refractivity contribution is 7.92. The van der Waals surface area contributed by atoms with Gasteiger partial charge < -0.3 is 4.74 Å². The predicted molar refractivity (Wildman–Crippen MR) is 89.8 cm³/mol.